The van der Waals surface area contributed by atoms with Crippen LogP contribution in [0.4, 0.5) is 19.0 Å². The molecule has 2 aromatic rings. The van der Waals surface area contributed by atoms with E-state index in [1.807, 2.05) is 0 Å². The van der Waals surface area contributed by atoms with Crippen molar-refractivity contribution < 1.29 is 22.8 Å². The molecule has 2 aliphatic rings. The number of rotatable bonds is 4. The molecule has 3 heterocycles. The Balaban J connectivity index is 1.32. The molecule has 0 radical (unpaired) electrons. The lowest BCUT2D eigenvalue weighted by molar-refractivity contribution is -0.141. The van der Waals surface area contributed by atoms with Gasteiger partial charge in [0.2, 0.25) is 0 Å². The highest BCUT2D eigenvalue weighted by molar-refractivity contribution is 6.21. The van der Waals surface area contributed by atoms with Crippen LogP contribution in [0.25, 0.3) is 0 Å². The Bertz CT molecular complexity index is 906. The second-order valence-corrected chi connectivity index (χ2v) is 6.90. The van der Waals surface area contributed by atoms with Gasteiger partial charge in [0.05, 0.1) is 11.1 Å². The quantitative estimate of drug-likeness (QED) is 0.724. The Morgan fingerprint density at radius 3 is 2.10 bits per heavy atom. The number of fused-ring (bicyclic) bond motifs is 1. The molecule has 0 N–H and O–H groups in total. The lowest BCUT2D eigenvalue weighted by Crippen LogP contribution is -2.49. The number of piperazine rings is 1. The Labute approximate surface area is 164 Å². The molecule has 7 nitrogen and oxygen atoms in total. The zero-order chi connectivity index (χ0) is 20.6. The average molecular weight is 405 g/mol. The third kappa shape index (κ3) is 3.80. The largest absolute Gasteiger partial charge is 0.433 e. The van der Waals surface area contributed by atoms with Gasteiger partial charge < -0.3 is 4.90 Å². The van der Waals surface area contributed by atoms with Crippen LogP contribution in [0.15, 0.2) is 36.7 Å². The molecular weight excluding hydrogens is 387 g/mol. The Hall–Kier alpha value is -3.01. The molecule has 1 aromatic carbocycles. The molecular formula is C19H18F3N5O2. The van der Waals surface area contributed by atoms with Gasteiger partial charge in [-0.3, -0.25) is 19.4 Å². The third-order valence-electron chi connectivity index (χ3n) is 5.16. The molecule has 1 aromatic heterocycles. The van der Waals surface area contributed by atoms with Crippen molar-refractivity contribution in [2.45, 2.75) is 6.18 Å². The number of halogens is 3. The van der Waals surface area contributed by atoms with Crippen LogP contribution in [-0.2, 0) is 6.18 Å². The van der Waals surface area contributed by atoms with E-state index in [-0.39, 0.29) is 24.2 Å². The summed E-state index contributed by atoms with van der Waals surface area (Å²) in [7, 11) is 0. The van der Waals surface area contributed by atoms with E-state index in [2.05, 4.69) is 14.9 Å². The number of carbonyl (C=O) groups is 2. The molecule has 1 fully saturated rings. The van der Waals surface area contributed by atoms with Gasteiger partial charge in [0.15, 0.2) is 0 Å². The number of anilines is 1. The predicted molar refractivity (Wildman–Crippen MR) is 97.5 cm³/mol. The zero-order valence-electron chi connectivity index (χ0n) is 15.4. The van der Waals surface area contributed by atoms with Crippen molar-refractivity contribution in [3.63, 3.8) is 0 Å². The van der Waals surface area contributed by atoms with Crippen molar-refractivity contribution in [2.24, 2.45) is 0 Å². The van der Waals surface area contributed by atoms with Gasteiger partial charge in [-0.15, -0.1) is 0 Å². The minimum atomic E-state index is -4.51. The first-order valence-corrected chi connectivity index (χ1v) is 9.16. The molecule has 0 bridgehead atoms. The summed E-state index contributed by atoms with van der Waals surface area (Å²) in [5.74, 6) is -0.331. The summed E-state index contributed by atoms with van der Waals surface area (Å²) < 4.78 is 38.5. The molecule has 0 spiro atoms. The highest BCUT2D eigenvalue weighted by atomic mass is 19.4. The molecule has 0 saturated carbocycles. The second kappa shape index (κ2) is 7.43. The van der Waals surface area contributed by atoms with Crippen LogP contribution < -0.4 is 4.90 Å². The number of nitrogens with zero attached hydrogens (tertiary/aromatic N) is 5. The Morgan fingerprint density at radius 1 is 0.897 bits per heavy atom. The van der Waals surface area contributed by atoms with E-state index in [1.54, 1.807) is 29.2 Å². The smallest absolute Gasteiger partial charge is 0.354 e. The van der Waals surface area contributed by atoms with Crippen LogP contribution >= 0.6 is 0 Å². The van der Waals surface area contributed by atoms with Crippen LogP contribution in [-0.4, -0.2) is 70.9 Å². The highest BCUT2D eigenvalue weighted by Crippen LogP contribution is 2.29. The topological polar surface area (TPSA) is 69.6 Å². The van der Waals surface area contributed by atoms with Crippen LogP contribution in [0.2, 0.25) is 0 Å². The number of benzene rings is 1. The van der Waals surface area contributed by atoms with Crippen molar-refractivity contribution in [3.05, 3.63) is 53.5 Å². The molecule has 152 valence electrons. The molecule has 4 rings (SSSR count). The van der Waals surface area contributed by atoms with Gasteiger partial charge in [-0.25, -0.2) is 9.97 Å². The molecule has 29 heavy (non-hydrogen) atoms. The lowest BCUT2D eigenvalue weighted by Gasteiger charge is -2.35. The minimum absolute atomic E-state index is 0.243. The molecule has 2 amide bonds. The average Bonchev–Trinajstić information content (AvgIpc) is 2.97. The summed E-state index contributed by atoms with van der Waals surface area (Å²) in [5, 5.41) is 0. The lowest BCUT2D eigenvalue weighted by atomic mass is 10.1. The fourth-order valence-corrected chi connectivity index (χ4v) is 3.56. The Kier molecular flexibility index (Phi) is 4.95. The molecule has 2 aliphatic heterocycles. The number of alkyl halides is 3. The summed E-state index contributed by atoms with van der Waals surface area (Å²) in [4.78, 5) is 37.1. The van der Waals surface area contributed by atoms with Gasteiger partial charge in [0, 0.05) is 45.3 Å². The first-order chi connectivity index (χ1) is 13.8. The van der Waals surface area contributed by atoms with Gasteiger partial charge in [0.25, 0.3) is 11.8 Å². The number of aromatic nitrogens is 2. The SMILES string of the molecule is O=C1c2ccccc2C(=O)N1CCN1CCN(c2cc(C(F)(F)F)ncn2)CC1. The summed E-state index contributed by atoms with van der Waals surface area (Å²) in [6, 6.07) is 7.69. The summed E-state index contributed by atoms with van der Waals surface area (Å²) in [5.41, 5.74) is -0.117. The number of carbonyl (C=O) groups excluding carboxylic acids is 2. The van der Waals surface area contributed by atoms with Gasteiger partial charge in [-0.1, -0.05) is 12.1 Å². The normalized spacial score (nSPS) is 17.8. The maximum atomic E-state index is 12.8. The van der Waals surface area contributed by atoms with E-state index in [0.29, 0.717) is 43.9 Å². The third-order valence-corrected chi connectivity index (χ3v) is 5.16. The minimum Gasteiger partial charge on any atom is -0.354 e. The number of amides is 2. The van der Waals surface area contributed by atoms with E-state index in [9.17, 15) is 22.8 Å². The van der Waals surface area contributed by atoms with Crippen LogP contribution in [0.3, 0.4) is 0 Å². The van der Waals surface area contributed by atoms with Crippen molar-refractivity contribution in [1.29, 1.82) is 0 Å². The zero-order valence-corrected chi connectivity index (χ0v) is 15.4. The van der Waals surface area contributed by atoms with Gasteiger partial charge in [-0.2, -0.15) is 13.2 Å². The van der Waals surface area contributed by atoms with Gasteiger partial charge in [0.1, 0.15) is 17.8 Å². The van der Waals surface area contributed by atoms with Crippen LogP contribution in [0, 0.1) is 0 Å². The maximum absolute atomic E-state index is 12.8. The van der Waals surface area contributed by atoms with Crippen LogP contribution in [0.1, 0.15) is 26.4 Å². The molecule has 1 saturated heterocycles. The monoisotopic (exact) mass is 405 g/mol. The van der Waals surface area contributed by atoms with E-state index < -0.39 is 11.9 Å². The number of hydrogen-bond donors (Lipinski definition) is 0. The highest BCUT2D eigenvalue weighted by Gasteiger charge is 2.35. The van der Waals surface area contributed by atoms with Gasteiger partial charge in [-0.05, 0) is 12.1 Å². The van der Waals surface area contributed by atoms with Crippen LogP contribution in [0.5, 0.6) is 0 Å². The van der Waals surface area contributed by atoms with Crippen molar-refractivity contribution >= 4 is 17.6 Å². The first kappa shape index (κ1) is 19.3. The van der Waals surface area contributed by atoms with E-state index in [0.717, 1.165) is 12.4 Å². The standard InChI is InChI=1S/C19H18F3N5O2/c20-19(21,22)15-11-16(24-12-23-15)26-8-5-25(6-9-26)7-10-27-17(28)13-3-1-2-4-14(13)18(27)29/h1-4,11-12H,5-10H2. The summed E-state index contributed by atoms with van der Waals surface area (Å²) in [6.45, 7) is 2.96. The Morgan fingerprint density at radius 2 is 1.52 bits per heavy atom. The molecule has 10 heteroatoms. The van der Waals surface area contributed by atoms with Crippen molar-refractivity contribution in [3.8, 4) is 0 Å². The van der Waals surface area contributed by atoms with E-state index in [4.69, 9.17) is 0 Å². The summed E-state index contributed by atoms with van der Waals surface area (Å²) >= 11 is 0. The predicted octanol–water partition coefficient (Wildman–Crippen LogP) is 1.91. The first-order valence-electron chi connectivity index (χ1n) is 9.16. The fraction of sp³-hybridized carbons (Fsp3) is 0.368. The summed E-state index contributed by atoms with van der Waals surface area (Å²) in [6.07, 6.45) is -3.58. The van der Waals surface area contributed by atoms with Gasteiger partial charge >= 0.3 is 6.18 Å². The maximum Gasteiger partial charge on any atom is 0.433 e. The second-order valence-electron chi connectivity index (χ2n) is 6.90. The van der Waals surface area contributed by atoms with Crippen molar-refractivity contribution in [2.75, 3.05) is 44.2 Å². The molecule has 0 atom stereocenters. The van der Waals surface area contributed by atoms with E-state index >= 15 is 0 Å². The molecule has 0 unspecified atom stereocenters. The van der Waals surface area contributed by atoms with E-state index in [1.165, 1.54) is 4.90 Å². The molecule has 0 aliphatic carbocycles. The van der Waals surface area contributed by atoms with Crippen molar-refractivity contribution in [1.82, 2.24) is 19.8 Å². The number of hydrogen-bond acceptors (Lipinski definition) is 6. The number of imide groups is 1. The fourth-order valence-electron chi connectivity index (χ4n) is 3.56.